The van der Waals surface area contributed by atoms with Gasteiger partial charge in [-0.1, -0.05) is 41.1 Å². The highest BCUT2D eigenvalue weighted by Gasteiger charge is 2.47. The number of oxime groups is 1. The van der Waals surface area contributed by atoms with E-state index in [1.165, 1.54) is 11.1 Å². The van der Waals surface area contributed by atoms with Crippen LogP contribution in [0, 0.1) is 13.8 Å². The van der Waals surface area contributed by atoms with Crippen molar-refractivity contribution in [1.82, 2.24) is 14.5 Å². The van der Waals surface area contributed by atoms with Crippen LogP contribution in [0.3, 0.4) is 0 Å². The molecule has 0 aliphatic carbocycles. The molecule has 158 valence electrons. The molecule has 1 unspecified atom stereocenters. The fourth-order valence-corrected chi connectivity index (χ4v) is 4.29. The Morgan fingerprint density at radius 2 is 1.94 bits per heavy atom. The molecule has 6 heteroatoms. The second-order valence-corrected chi connectivity index (χ2v) is 8.28. The molecule has 5 rings (SSSR count). The van der Waals surface area contributed by atoms with Crippen molar-refractivity contribution in [2.24, 2.45) is 5.16 Å². The minimum Gasteiger partial charge on any atom is -0.495 e. The zero-order chi connectivity index (χ0) is 21.6. The molecule has 3 heterocycles. The summed E-state index contributed by atoms with van der Waals surface area (Å²) in [7, 11) is 1.69. The number of benzene rings is 2. The molecular formula is C25H26N4O2. The summed E-state index contributed by atoms with van der Waals surface area (Å²) in [6, 6.07) is 14.7. The number of hydrogen-bond acceptors (Lipinski definition) is 5. The molecule has 3 aromatic rings. The number of amidine groups is 1. The number of hydrogen-bond donors (Lipinski definition) is 0. The molecule has 31 heavy (non-hydrogen) atoms. The van der Waals surface area contributed by atoms with Crippen molar-refractivity contribution >= 4 is 11.9 Å². The lowest BCUT2D eigenvalue weighted by molar-refractivity contribution is -0.0883. The Balaban J connectivity index is 1.43. The molecule has 1 atom stereocenters. The fraction of sp³-hybridized carbons (Fsp3) is 0.280. The summed E-state index contributed by atoms with van der Waals surface area (Å²) < 4.78 is 7.63. The van der Waals surface area contributed by atoms with Crippen molar-refractivity contribution in [3.05, 3.63) is 82.9 Å². The third-order valence-electron chi connectivity index (χ3n) is 6.09. The Hall–Kier alpha value is -3.54. The Morgan fingerprint density at radius 3 is 2.65 bits per heavy atom. The Kier molecular flexibility index (Phi) is 4.58. The van der Waals surface area contributed by atoms with Gasteiger partial charge in [0.25, 0.3) is 0 Å². The predicted molar refractivity (Wildman–Crippen MR) is 121 cm³/mol. The summed E-state index contributed by atoms with van der Waals surface area (Å²) in [5.41, 5.74) is 5.95. The minimum absolute atomic E-state index is 0.570. The summed E-state index contributed by atoms with van der Waals surface area (Å²) in [6.07, 6.45) is 6.89. The predicted octanol–water partition coefficient (Wildman–Crippen LogP) is 4.80. The Labute approximate surface area is 182 Å². The first-order valence-electron chi connectivity index (χ1n) is 10.5. The van der Waals surface area contributed by atoms with Crippen LogP contribution in [0.4, 0.5) is 0 Å². The van der Waals surface area contributed by atoms with Crippen LogP contribution in [0.25, 0.3) is 11.8 Å². The van der Waals surface area contributed by atoms with Crippen LogP contribution < -0.4 is 4.74 Å². The van der Waals surface area contributed by atoms with E-state index in [1.54, 1.807) is 13.4 Å². The summed E-state index contributed by atoms with van der Waals surface area (Å²) in [5.74, 6) is 1.71. The Morgan fingerprint density at radius 1 is 1.13 bits per heavy atom. The van der Waals surface area contributed by atoms with Gasteiger partial charge in [-0.05, 0) is 44.0 Å². The smallest absolute Gasteiger partial charge is 0.234 e. The largest absolute Gasteiger partial charge is 0.495 e. The number of aromatic nitrogens is 2. The van der Waals surface area contributed by atoms with Crippen molar-refractivity contribution in [3.63, 3.8) is 0 Å². The molecule has 0 N–H and O–H groups in total. The topological polar surface area (TPSA) is 51.9 Å². The molecule has 0 saturated carbocycles. The number of fused-ring (bicyclic) bond motifs is 1. The van der Waals surface area contributed by atoms with Gasteiger partial charge in [-0.25, -0.2) is 4.98 Å². The van der Waals surface area contributed by atoms with E-state index < -0.39 is 5.72 Å². The molecule has 2 aromatic carbocycles. The SMILES string of the molecule is COc1cc(/C=C2\CCN3C2=NOC3(C)c2ccc(C)cc2)ccc1-n1cnc(C)c1. The summed E-state index contributed by atoms with van der Waals surface area (Å²) in [4.78, 5) is 12.5. The highest BCUT2D eigenvalue weighted by molar-refractivity contribution is 6.04. The normalized spacial score (nSPS) is 21.2. The molecule has 2 aliphatic heterocycles. The number of methoxy groups -OCH3 is 1. The van der Waals surface area contributed by atoms with Crippen LogP contribution in [0.15, 0.2) is 65.7 Å². The van der Waals surface area contributed by atoms with Gasteiger partial charge in [0.1, 0.15) is 5.75 Å². The van der Waals surface area contributed by atoms with E-state index >= 15 is 0 Å². The number of rotatable bonds is 4. The van der Waals surface area contributed by atoms with Gasteiger partial charge in [0, 0.05) is 30.8 Å². The van der Waals surface area contributed by atoms with Crippen molar-refractivity contribution < 1.29 is 9.57 Å². The van der Waals surface area contributed by atoms with Crippen molar-refractivity contribution in [2.45, 2.75) is 32.9 Å². The third kappa shape index (κ3) is 3.28. The van der Waals surface area contributed by atoms with Gasteiger partial charge in [0.2, 0.25) is 5.72 Å². The zero-order valence-electron chi connectivity index (χ0n) is 18.3. The molecule has 0 bridgehead atoms. The van der Waals surface area contributed by atoms with Gasteiger partial charge in [0.15, 0.2) is 5.84 Å². The first-order chi connectivity index (χ1) is 15.0. The molecule has 0 spiro atoms. The summed E-state index contributed by atoms with van der Waals surface area (Å²) in [5, 5.41) is 4.47. The lowest BCUT2D eigenvalue weighted by Crippen LogP contribution is -2.41. The molecule has 1 fully saturated rings. The molecule has 0 radical (unpaired) electrons. The van der Waals surface area contributed by atoms with Gasteiger partial charge in [0.05, 0.1) is 24.8 Å². The van der Waals surface area contributed by atoms with E-state index in [2.05, 4.69) is 77.4 Å². The van der Waals surface area contributed by atoms with Crippen LogP contribution in [0.5, 0.6) is 5.75 Å². The van der Waals surface area contributed by atoms with Crippen molar-refractivity contribution in [2.75, 3.05) is 13.7 Å². The molecular weight excluding hydrogens is 388 g/mol. The zero-order valence-corrected chi connectivity index (χ0v) is 18.3. The van der Waals surface area contributed by atoms with Crippen molar-refractivity contribution in [1.29, 1.82) is 0 Å². The van der Waals surface area contributed by atoms with Crippen LogP contribution in [-0.4, -0.2) is 33.9 Å². The standard InChI is InChI=1S/C25H26N4O2/c1-17-5-8-21(9-6-17)25(3)29-12-11-20(24(29)27-31-25)13-19-7-10-22(23(14-19)30-4)28-15-18(2)26-16-28/h5-10,13-16H,11-12H2,1-4H3/b20-13+. The molecule has 2 aliphatic rings. The van der Waals surface area contributed by atoms with Gasteiger partial charge >= 0.3 is 0 Å². The van der Waals surface area contributed by atoms with Gasteiger partial charge in [-0.3, -0.25) is 0 Å². The fourth-order valence-electron chi connectivity index (χ4n) is 4.29. The van der Waals surface area contributed by atoms with Gasteiger partial charge < -0.3 is 19.0 Å². The molecule has 0 amide bonds. The minimum atomic E-state index is -0.570. The van der Waals surface area contributed by atoms with Crippen LogP contribution >= 0.6 is 0 Å². The van der Waals surface area contributed by atoms with E-state index in [-0.39, 0.29) is 0 Å². The van der Waals surface area contributed by atoms with E-state index in [0.717, 1.165) is 47.1 Å². The number of imidazole rings is 1. The van der Waals surface area contributed by atoms with Gasteiger partial charge in [-0.2, -0.15) is 0 Å². The lowest BCUT2D eigenvalue weighted by Gasteiger charge is -2.31. The maximum atomic E-state index is 5.96. The van der Waals surface area contributed by atoms with E-state index in [1.807, 2.05) is 17.7 Å². The second-order valence-electron chi connectivity index (χ2n) is 8.28. The number of aryl methyl sites for hydroxylation is 2. The van der Waals surface area contributed by atoms with Gasteiger partial charge in [-0.15, -0.1) is 0 Å². The maximum absolute atomic E-state index is 5.96. The van der Waals surface area contributed by atoms with Crippen LogP contribution in [-0.2, 0) is 10.6 Å². The maximum Gasteiger partial charge on any atom is 0.234 e. The summed E-state index contributed by atoms with van der Waals surface area (Å²) in [6.45, 7) is 7.02. The van der Waals surface area contributed by atoms with Crippen LogP contribution in [0.1, 0.15) is 35.7 Å². The quantitative estimate of drug-likeness (QED) is 0.615. The van der Waals surface area contributed by atoms with Crippen molar-refractivity contribution in [3.8, 4) is 11.4 Å². The summed E-state index contributed by atoms with van der Waals surface area (Å²) >= 11 is 0. The average molecular weight is 415 g/mol. The Bertz CT molecular complexity index is 1190. The third-order valence-corrected chi connectivity index (χ3v) is 6.09. The van der Waals surface area contributed by atoms with E-state index in [9.17, 15) is 0 Å². The molecule has 1 saturated heterocycles. The molecule has 1 aromatic heterocycles. The second kappa shape index (κ2) is 7.30. The van der Waals surface area contributed by atoms with E-state index in [0.29, 0.717) is 0 Å². The first-order valence-corrected chi connectivity index (χ1v) is 10.5. The van der Waals surface area contributed by atoms with E-state index in [4.69, 9.17) is 9.57 Å². The average Bonchev–Trinajstić information content (AvgIpc) is 3.47. The number of ether oxygens (including phenoxy) is 1. The highest BCUT2D eigenvalue weighted by atomic mass is 16.7. The van der Waals surface area contributed by atoms with Crippen LogP contribution in [0.2, 0.25) is 0 Å². The first kappa shape index (κ1) is 19.4. The lowest BCUT2D eigenvalue weighted by atomic mass is 10.0. The number of nitrogens with zero attached hydrogens (tertiary/aromatic N) is 4. The monoisotopic (exact) mass is 414 g/mol. The molecule has 6 nitrogen and oxygen atoms in total. The highest BCUT2D eigenvalue weighted by Crippen LogP contribution is 2.41.